The third kappa shape index (κ3) is 4.81. The van der Waals surface area contributed by atoms with Gasteiger partial charge in [0.05, 0.1) is 5.57 Å². The number of benzene rings is 2. The molecule has 1 aliphatic rings. The number of Topliss-reactive ketones (excluding diaryl/α,β-unsaturated/α-hetero) is 1. The first-order chi connectivity index (χ1) is 14.4. The van der Waals surface area contributed by atoms with Gasteiger partial charge in [-0.1, -0.05) is 12.1 Å². The average molecular weight is 404 g/mol. The van der Waals surface area contributed by atoms with Gasteiger partial charge in [0, 0.05) is 57.1 Å². The summed E-state index contributed by atoms with van der Waals surface area (Å²) >= 11 is 0. The van der Waals surface area contributed by atoms with Crippen LogP contribution in [0.15, 0.2) is 64.8 Å². The van der Waals surface area contributed by atoms with Gasteiger partial charge in [-0.15, -0.1) is 0 Å². The van der Waals surface area contributed by atoms with Gasteiger partial charge in [0.1, 0.15) is 5.70 Å². The topological polar surface area (TPSA) is 90.9 Å². The quantitative estimate of drug-likeness (QED) is 0.694. The van der Waals surface area contributed by atoms with Gasteiger partial charge in [-0.2, -0.15) is 0 Å². The summed E-state index contributed by atoms with van der Waals surface area (Å²) in [7, 11) is 5.40. The zero-order valence-corrected chi connectivity index (χ0v) is 17.2. The zero-order valence-electron chi connectivity index (χ0n) is 17.2. The van der Waals surface area contributed by atoms with Gasteiger partial charge in [0.25, 0.3) is 11.8 Å². The summed E-state index contributed by atoms with van der Waals surface area (Å²) in [5.74, 6) is -0.724. The van der Waals surface area contributed by atoms with Gasteiger partial charge in [-0.05, 0) is 42.0 Å². The minimum Gasteiger partial charge on any atom is -0.378 e. The Morgan fingerprint density at radius 2 is 1.63 bits per heavy atom. The first-order valence-corrected chi connectivity index (χ1v) is 9.57. The molecule has 2 amide bonds. The molecule has 1 heterocycles. The van der Waals surface area contributed by atoms with Crippen molar-refractivity contribution in [2.75, 3.05) is 31.4 Å². The Balaban J connectivity index is 1.63. The van der Waals surface area contributed by atoms with Crippen molar-refractivity contribution in [1.29, 1.82) is 0 Å². The Morgan fingerprint density at radius 1 is 0.967 bits per heavy atom. The minimum atomic E-state index is -0.388. The van der Waals surface area contributed by atoms with Crippen molar-refractivity contribution in [3.05, 3.63) is 70.9 Å². The second-order valence-corrected chi connectivity index (χ2v) is 7.11. The van der Waals surface area contributed by atoms with E-state index in [1.165, 1.54) is 7.05 Å². The van der Waals surface area contributed by atoms with Gasteiger partial charge < -0.3 is 15.5 Å². The molecule has 2 N–H and O–H groups in total. The van der Waals surface area contributed by atoms with E-state index in [9.17, 15) is 14.4 Å². The number of anilines is 2. The van der Waals surface area contributed by atoms with E-state index in [-0.39, 0.29) is 29.7 Å². The molecule has 154 valence electrons. The lowest BCUT2D eigenvalue weighted by Crippen LogP contribution is -2.23. The SMILES string of the molecule is CNC(=O)C1=C(C(=O)Nc2ccc(CC(=O)c3ccc(N(C)C)cc3)cc2)CC=N1. The smallest absolute Gasteiger partial charge is 0.270 e. The number of ketones is 1. The Labute approximate surface area is 175 Å². The minimum absolute atomic E-state index is 0.0283. The van der Waals surface area contributed by atoms with Crippen molar-refractivity contribution >= 4 is 35.2 Å². The number of nitrogens with zero attached hydrogens (tertiary/aromatic N) is 2. The zero-order chi connectivity index (χ0) is 21.7. The highest BCUT2D eigenvalue weighted by molar-refractivity contribution is 6.13. The summed E-state index contributed by atoms with van der Waals surface area (Å²) < 4.78 is 0. The lowest BCUT2D eigenvalue weighted by atomic mass is 10.0. The van der Waals surface area contributed by atoms with Crippen LogP contribution in [0.5, 0.6) is 0 Å². The molecule has 0 radical (unpaired) electrons. The molecule has 0 fully saturated rings. The summed E-state index contributed by atoms with van der Waals surface area (Å²) in [6.07, 6.45) is 2.13. The molecule has 0 aromatic heterocycles. The van der Waals surface area contributed by atoms with Crippen LogP contribution in [0.4, 0.5) is 11.4 Å². The molecular formula is C23H24N4O3. The van der Waals surface area contributed by atoms with E-state index >= 15 is 0 Å². The number of likely N-dealkylation sites (N-methyl/N-ethyl adjacent to an activating group) is 1. The first-order valence-electron chi connectivity index (χ1n) is 9.57. The number of carbonyl (C=O) groups is 3. The predicted octanol–water partition coefficient (Wildman–Crippen LogP) is 2.59. The van der Waals surface area contributed by atoms with E-state index in [1.807, 2.05) is 43.3 Å². The van der Waals surface area contributed by atoms with Crippen molar-refractivity contribution in [2.24, 2.45) is 4.99 Å². The van der Waals surface area contributed by atoms with Gasteiger partial charge in [-0.3, -0.25) is 19.4 Å². The monoisotopic (exact) mass is 404 g/mol. The molecule has 0 aliphatic carbocycles. The second kappa shape index (κ2) is 9.17. The van der Waals surface area contributed by atoms with E-state index in [2.05, 4.69) is 15.6 Å². The Kier molecular flexibility index (Phi) is 6.41. The summed E-state index contributed by atoms with van der Waals surface area (Å²) in [6, 6.07) is 14.6. The molecule has 1 aliphatic heterocycles. The number of hydrogen-bond acceptors (Lipinski definition) is 5. The number of hydrogen-bond donors (Lipinski definition) is 2. The summed E-state index contributed by atoms with van der Waals surface area (Å²) in [4.78, 5) is 42.8. The molecule has 0 spiro atoms. The largest absolute Gasteiger partial charge is 0.378 e. The fraction of sp³-hybridized carbons (Fsp3) is 0.217. The third-order valence-corrected chi connectivity index (χ3v) is 4.80. The van der Waals surface area contributed by atoms with Crippen LogP contribution in [-0.4, -0.2) is 45.0 Å². The van der Waals surface area contributed by atoms with Crippen LogP contribution in [-0.2, 0) is 16.0 Å². The molecule has 0 atom stereocenters. The molecule has 3 rings (SSSR count). The summed E-state index contributed by atoms with van der Waals surface area (Å²) in [5.41, 5.74) is 3.60. The number of carbonyl (C=O) groups excluding carboxylic acids is 3. The Morgan fingerprint density at radius 3 is 2.23 bits per heavy atom. The lowest BCUT2D eigenvalue weighted by molar-refractivity contribution is -0.118. The maximum Gasteiger partial charge on any atom is 0.270 e. The Hall–Kier alpha value is -3.74. The van der Waals surface area contributed by atoms with Gasteiger partial charge in [0.2, 0.25) is 0 Å². The van der Waals surface area contributed by atoms with Crippen LogP contribution in [0.3, 0.4) is 0 Å². The number of aliphatic imine (C=N–C) groups is 1. The van der Waals surface area contributed by atoms with Crippen LogP contribution < -0.4 is 15.5 Å². The van der Waals surface area contributed by atoms with Crippen LogP contribution in [0.1, 0.15) is 22.3 Å². The standard InChI is InChI=1S/C23H24N4O3/c1-24-23(30)21-19(12-13-25-21)22(29)26-17-8-4-15(5-9-17)14-20(28)16-6-10-18(11-7-16)27(2)3/h4-11,13H,12,14H2,1-3H3,(H,24,30)(H,26,29). The van der Waals surface area contributed by atoms with Crippen LogP contribution >= 0.6 is 0 Å². The molecular weight excluding hydrogens is 380 g/mol. The number of rotatable bonds is 7. The number of amides is 2. The summed E-state index contributed by atoms with van der Waals surface area (Å²) in [5, 5.41) is 5.25. The van der Waals surface area contributed by atoms with Crippen LogP contribution in [0, 0.1) is 0 Å². The van der Waals surface area contributed by atoms with Crippen molar-refractivity contribution in [3.63, 3.8) is 0 Å². The Bertz CT molecular complexity index is 1020. The molecule has 2 aromatic rings. The summed E-state index contributed by atoms with van der Waals surface area (Å²) in [6.45, 7) is 0. The maximum atomic E-state index is 12.5. The van der Waals surface area contributed by atoms with Crippen LogP contribution in [0.25, 0.3) is 0 Å². The van der Waals surface area contributed by atoms with E-state index in [0.717, 1.165) is 11.3 Å². The molecule has 7 nitrogen and oxygen atoms in total. The fourth-order valence-corrected chi connectivity index (χ4v) is 3.06. The van der Waals surface area contributed by atoms with Crippen molar-refractivity contribution in [2.45, 2.75) is 12.8 Å². The first kappa shape index (κ1) is 21.0. The molecule has 0 saturated heterocycles. The maximum absolute atomic E-state index is 12.5. The predicted molar refractivity (Wildman–Crippen MR) is 118 cm³/mol. The lowest BCUT2D eigenvalue weighted by Gasteiger charge is -2.12. The van der Waals surface area contributed by atoms with E-state index < -0.39 is 0 Å². The van der Waals surface area contributed by atoms with Crippen molar-refractivity contribution < 1.29 is 14.4 Å². The molecule has 0 saturated carbocycles. The van der Waals surface area contributed by atoms with Crippen molar-refractivity contribution in [3.8, 4) is 0 Å². The van der Waals surface area contributed by atoms with E-state index in [0.29, 0.717) is 23.2 Å². The normalized spacial score (nSPS) is 12.6. The molecule has 0 unspecified atom stereocenters. The van der Waals surface area contributed by atoms with E-state index in [4.69, 9.17) is 0 Å². The van der Waals surface area contributed by atoms with Gasteiger partial charge in [0.15, 0.2) is 5.78 Å². The van der Waals surface area contributed by atoms with Gasteiger partial charge >= 0.3 is 0 Å². The van der Waals surface area contributed by atoms with Crippen LogP contribution in [0.2, 0.25) is 0 Å². The van der Waals surface area contributed by atoms with E-state index in [1.54, 1.807) is 30.5 Å². The van der Waals surface area contributed by atoms with Gasteiger partial charge in [-0.25, -0.2) is 0 Å². The third-order valence-electron chi connectivity index (χ3n) is 4.80. The molecule has 0 bridgehead atoms. The highest BCUT2D eigenvalue weighted by Crippen LogP contribution is 2.20. The molecule has 2 aromatic carbocycles. The number of nitrogens with one attached hydrogen (secondary N) is 2. The highest BCUT2D eigenvalue weighted by Gasteiger charge is 2.23. The molecule has 7 heteroatoms. The highest BCUT2D eigenvalue weighted by atomic mass is 16.2. The molecule has 30 heavy (non-hydrogen) atoms. The van der Waals surface area contributed by atoms with Crippen molar-refractivity contribution in [1.82, 2.24) is 5.32 Å². The fourth-order valence-electron chi connectivity index (χ4n) is 3.06. The average Bonchev–Trinajstić information content (AvgIpc) is 3.24. The second-order valence-electron chi connectivity index (χ2n) is 7.11.